The monoisotopic (exact) mass is 433 g/mol. The van der Waals surface area contributed by atoms with Gasteiger partial charge in [0, 0.05) is 36.3 Å². The van der Waals surface area contributed by atoms with Crippen LogP contribution in [-0.2, 0) is 0 Å². The molecule has 0 saturated heterocycles. The van der Waals surface area contributed by atoms with Crippen molar-refractivity contribution in [2.75, 3.05) is 6.54 Å². The van der Waals surface area contributed by atoms with Gasteiger partial charge in [0.2, 0.25) is 0 Å². The fraction of sp³-hybridized carbons (Fsp3) is 0.136. The Hall–Kier alpha value is -4.39. The first-order chi connectivity index (χ1) is 15.5. The lowest BCUT2D eigenvalue weighted by Crippen LogP contribution is -2.30. The maximum Gasteiger partial charge on any atom is 0.269 e. The number of pyridine rings is 1. The minimum Gasteiger partial charge on any atom is -0.349 e. The summed E-state index contributed by atoms with van der Waals surface area (Å²) in [5.74, 6) is -2.21. The number of carbonyl (C=O) groups is 1. The van der Waals surface area contributed by atoms with Crippen molar-refractivity contribution < 1.29 is 13.6 Å². The summed E-state index contributed by atoms with van der Waals surface area (Å²) in [5, 5.41) is 22.8. The van der Waals surface area contributed by atoms with Gasteiger partial charge in [0.15, 0.2) is 0 Å². The quantitative estimate of drug-likeness (QED) is 0.484. The van der Waals surface area contributed by atoms with Crippen molar-refractivity contribution in [3.63, 3.8) is 0 Å². The van der Waals surface area contributed by atoms with Crippen molar-refractivity contribution in [1.82, 2.24) is 30.3 Å². The van der Waals surface area contributed by atoms with E-state index in [9.17, 15) is 13.6 Å². The van der Waals surface area contributed by atoms with Gasteiger partial charge in [-0.2, -0.15) is 15.5 Å². The van der Waals surface area contributed by atoms with Crippen molar-refractivity contribution in [2.24, 2.45) is 0 Å². The summed E-state index contributed by atoms with van der Waals surface area (Å²) in [5.41, 5.74) is 1.64. The van der Waals surface area contributed by atoms with Crippen LogP contribution < -0.4 is 5.32 Å². The number of amides is 1. The lowest BCUT2D eigenvalue weighted by atomic mass is 10.1. The summed E-state index contributed by atoms with van der Waals surface area (Å²) in [4.78, 5) is 16.5. The Kier molecular flexibility index (Phi) is 5.72. The molecule has 2 N–H and O–H groups in total. The van der Waals surface area contributed by atoms with E-state index in [4.69, 9.17) is 5.26 Å². The number of H-pyrrole nitrogens is 1. The number of hydrogen-bond donors (Lipinski definition) is 2. The molecule has 0 aliphatic rings. The second-order valence-electron chi connectivity index (χ2n) is 7.08. The Morgan fingerprint density at radius 2 is 2.00 bits per heavy atom. The molecule has 4 rings (SSSR count). The summed E-state index contributed by atoms with van der Waals surface area (Å²) in [6.07, 6.45) is 4.96. The van der Waals surface area contributed by atoms with Gasteiger partial charge in [-0.05, 0) is 43.3 Å². The Labute approximate surface area is 181 Å². The molecule has 160 valence electrons. The molecule has 0 radical (unpaired) electrons. The molecule has 0 saturated carbocycles. The Morgan fingerprint density at radius 3 is 2.69 bits per heavy atom. The fourth-order valence-corrected chi connectivity index (χ4v) is 3.09. The summed E-state index contributed by atoms with van der Waals surface area (Å²) < 4.78 is 29.4. The first-order valence-corrected chi connectivity index (χ1v) is 9.65. The molecule has 0 bridgehead atoms. The van der Waals surface area contributed by atoms with Crippen molar-refractivity contribution >= 4 is 5.91 Å². The predicted octanol–water partition coefficient (Wildman–Crippen LogP) is 3.48. The average molecular weight is 433 g/mol. The molecule has 8 nitrogen and oxygen atoms in total. The van der Waals surface area contributed by atoms with E-state index in [0.717, 1.165) is 17.7 Å². The van der Waals surface area contributed by atoms with Gasteiger partial charge in [0.05, 0.1) is 17.4 Å². The molecule has 1 amide bonds. The number of nitriles is 1. The average Bonchev–Trinajstić information content (AvgIpc) is 3.48. The van der Waals surface area contributed by atoms with Crippen molar-refractivity contribution in [1.29, 1.82) is 5.26 Å². The molecule has 0 spiro atoms. The van der Waals surface area contributed by atoms with Crippen LogP contribution in [0.25, 0.3) is 22.5 Å². The Bertz CT molecular complexity index is 1280. The molecule has 32 heavy (non-hydrogen) atoms. The van der Waals surface area contributed by atoms with Gasteiger partial charge in [0.1, 0.15) is 29.0 Å². The van der Waals surface area contributed by atoms with E-state index in [1.165, 1.54) is 6.07 Å². The van der Waals surface area contributed by atoms with Gasteiger partial charge in [-0.25, -0.2) is 8.78 Å². The molecule has 0 aliphatic heterocycles. The van der Waals surface area contributed by atoms with Crippen LogP contribution in [0.3, 0.4) is 0 Å². The lowest BCUT2D eigenvalue weighted by Gasteiger charge is -2.13. The van der Waals surface area contributed by atoms with E-state index in [2.05, 4.69) is 25.6 Å². The zero-order chi connectivity index (χ0) is 22.7. The van der Waals surface area contributed by atoms with Crippen LogP contribution in [-0.4, -0.2) is 37.4 Å². The molecule has 10 heteroatoms. The van der Waals surface area contributed by atoms with Crippen LogP contribution in [0.15, 0.2) is 55.0 Å². The van der Waals surface area contributed by atoms with Crippen molar-refractivity contribution in [3.8, 4) is 28.6 Å². The van der Waals surface area contributed by atoms with Gasteiger partial charge in [0.25, 0.3) is 5.91 Å². The molecular formula is C22H17F2N7O. The number of hydrogen-bond acceptors (Lipinski definition) is 5. The zero-order valence-corrected chi connectivity index (χ0v) is 16.9. The Morgan fingerprint density at radius 1 is 1.22 bits per heavy atom. The van der Waals surface area contributed by atoms with Crippen molar-refractivity contribution in [2.45, 2.75) is 13.0 Å². The number of aromatic amines is 1. The van der Waals surface area contributed by atoms with E-state index in [1.54, 1.807) is 41.5 Å². The third kappa shape index (κ3) is 4.22. The molecular weight excluding hydrogens is 416 g/mol. The summed E-state index contributed by atoms with van der Waals surface area (Å²) in [6, 6.07) is 10.3. The van der Waals surface area contributed by atoms with E-state index in [1.807, 2.05) is 13.0 Å². The highest BCUT2D eigenvalue weighted by atomic mass is 19.1. The smallest absolute Gasteiger partial charge is 0.269 e. The van der Waals surface area contributed by atoms with Crippen LogP contribution in [0.1, 0.15) is 29.0 Å². The van der Waals surface area contributed by atoms with Crippen LogP contribution in [0.2, 0.25) is 0 Å². The van der Waals surface area contributed by atoms with E-state index >= 15 is 0 Å². The minimum atomic E-state index is -0.942. The van der Waals surface area contributed by atoms with Gasteiger partial charge >= 0.3 is 0 Å². The van der Waals surface area contributed by atoms with Gasteiger partial charge in [-0.15, -0.1) is 0 Å². The van der Waals surface area contributed by atoms with Crippen LogP contribution in [0.5, 0.6) is 0 Å². The molecule has 3 heterocycles. The number of rotatable bonds is 6. The fourth-order valence-electron chi connectivity index (χ4n) is 3.09. The highest BCUT2D eigenvalue weighted by molar-refractivity contribution is 5.93. The normalized spacial score (nSPS) is 11.7. The number of nitrogens with zero attached hydrogens (tertiary/aromatic N) is 5. The Balaban J connectivity index is 1.41. The largest absolute Gasteiger partial charge is 0.349 e. The zero-order valence-electron chi connectivity index (χ0n) is 16.9. The van der Waals surface area contributed by atoms with Gasteiger partial charge < -0.3 is 5.32 Å². The summed E-state index contributed by atoms with van der Waals surface area (Å²) >= 11 is 0. The molecule has 1 atom stereocenters. The minimum absolute atomic E-state index is 0.217. The standard InChI is InChI=1S/C22H17F2N7O/c1-13(11-27-22(32)21-9-20(28-29-21)14-3-2-5-26-12-14)31-6-4-19(30-31)15-7-17(23)16(10-25)18(24)8-15/h2-9,12-13H,11H2,1H3,(H,27,32)(H,28,29)/t13-/m0/s1. The van der Waals surface area contributed by atoms with Crippen molar-refractivity contribution in [3.05, 3.63) is 77.9 Å². The first-order valence-electron chi connectivity index (χ1n) is 9.65. The highest BCUT2D eigenvalue weighted by Crippen LogP contribution is 2.23. The second-order valence-corrected chi connectivity index (χ2v) is 7.08. The maximum absolute atomic E-state index is 13.9. The van der Waals surface area contributed by atoms with Crippen LogP contribution in [0, 0.1) is 23.0 Å². The number of nitrogens with one attached hydrogen (secondary N) is 2. The molecule has 0 fully saturated rings. The highest BCUT2D eigenvalue weighted by Gasteiger charge is 2.16. The van der Waals surface area contributed by atoms with E-state index in [0.29, 0.717) is 17.1 Å². The topological polar surface area (TPSA) is 112 Å². The summed E-state index contributed by atoms with van der Waals surface area (Å²) in [7, 11) is 0. The molecule has 3 aromatic heterocycles. The number of carbonyl (C=O) groups excluding carboxylic acids is 1. The molecule has 1 aromatic carbocycles. The van der Waals surface area contributed by atoms with Crippen LogP contribution >= 0.6 is 0 Å². The SMILES string of the molecule is C[C@@H](CNC(=O)c1cc(-c2cccnc2)n[nH]1)n1ccc(-c2cc(F)c(C#N)c(F)c2)n1. The maximum atomic E-state index is 13.9. The van der Waals surface area contributed by atoms with E-state index < -0.39 is 17.2 Å². The molecule has 0 aliphatic carbocycles. The third-order valence-electron chi connectivity index (χ3n) is 4.85. The number of halogens is 2. The number of aromatic nitrogens is 5. The lowest BCUT2D eigenvalue weighted by molar-refractivity contribution is 0.0943. The van der Waals surface area contributed by atoms with Gasteiger partial charge in [-0.1, -0.05) is 0 Å². The second kappa shape index (κ2) is 8.77. The number of benzene rings is 1. The van der Waals surface area contributed by atoms with Crippen LogP contribution in [0.4, 0.5) is 8.78 Å². The molecule has 0 unspecified atom stereocenters. The first kappa shape index (κ1) is 20.9. The summed E-state index contributed by atoms with van der Waals surface area (Å²) in [6.45, 7) is 2.10. The third-order valence-corrected chi connectivity index (χ3v) is 4.85. The molecule has 4 aromatic rings. The van der Waals surface area contributed by atoms with Gasteiger partial charge in [-0.3, -0.25) is 19.6 Å². The predicted molar refractivity (Wildman–Crippen MR) is 111 cm³/mol. The van der Waals surface area contributed by atoms with E-state index in [-0.39, 0.29) is 24.1 Å².